The van der Waals surface area contributed by atoms with E-state index in [0.29, 0.717) is 10.8 Å². The Bertz CT molecular complexity index is 425. The van der Waals surface area contributed by atoms with Gasteiger partial charge in [-0.25, -0.2) is 4.98 Å². The lowest BCUT2D eigenvalue weighted by molar-refractivity contribution is 0.0782. The van der Waals surface area contributed by atoms with Crippen LogP contribution in [0.4, 0.5) is 0 Å². The van der Waals surface area contributed by atoms with Crippen LogP contribution >= 0.6 is 23.7 Å². The Hall–Kier alpha value is -0.690. The molecule has 1 amide bonds. The fourth-order valence-electron chi connectivity index (χ4n) is 1.95. The second-order valence-electron chi connectivity index (χ2n) is 4.73. The quantitative estimate of drug-likeness (QED) is 0.883. The molecule has 19 heavy (non-hydrogen) atoms. The van der Waals surface area contributed by atoms with Gasteiger partial charge in [-0.2, -0.15) is 0 Å². The highest BCUT2D eigenvalue weighted by Gasteiger charge is 2.28. The number of carbonyl (C=O) groups excluding carboxylic acids is 1. The highest BCUT2D eigenvalue weighted by Crippen LogP contribution is 2.21. The van der Waals surface area contributed by atoms with E-state index in [1.165, 1.54) is 11.3 Å². The molecule has 2 heterocycles. The van der Waals surface area contributed by atoms with Crippen molar-refractivity contribution in [3.05, 3.63) is 16.1 Å². The molecule has 1 aromatic rings. The summed E-state index contributed by atoms with van der Waals surface area (Å²) in [5.74, 6) is 0.298. The highest BCUT2D eigenvalue weighted by atomic mass is 35.5. The third-order valence-electron chi connectivity index (χ3n) is 3.02. The summed E-state index contributed by atoms with van der Waals surface area (Å²) in [5, 5.41) is 7.19. The Labute approximate surface area is 123 Å². The average molecular weight is 306 g/mol. The Morgan fingerprint density at radius 3 is 2.89 bits per heavy atom. The molecule has 1 saturated heterocycles. The number of amides is 1. The normalized spacial score (nSPS) is 22.3. The van der Waals surface area contributed by atoms with Gasteiger partial charge in [0, 0.05) is 26.1 Å². The maximum absolute atomic E-state index is 12.1. The van der Waals surface area contributed by atoms with Gasteiger partial charge in [-0.15, -0.1) is 23.7 Å². The lowest BCUT2D eigenvalue weighted by Gasteiger charge is -2.17. The summed E-state index contributed by atoms with van der Waals surface area (Å²) in [6.45, 7) is 5.67. The minimum atomic E-state index is -0.0600. The maximum Gasteiger partial charge on any atom is 0.263 e. The molecule has 2 N–H and O–H groups in total. The van der Waals surface area contributed by atoms with E-state index >= 15 is 0 Å². The number of ether oxygens (including phenoxy) is 1. The fraction of sp³-hybridized carbons (Fsp3) is 0.667. The van der Waals surface area contributed by atoms with Crippen LogP contribution in [0.5, 0.6) is 0 Å². The predicted octanol–water partition coefficient (Wildman–Crippen LogP) is 1.40. The number of nitrogens with one attached hydrogen (secondary N) is 2. The minimum Gasteiger partial charge on any atom is -0.378 e. The molecule has 2 unspecified atom stereocenters. The predicted molar refractivity (Wildman–Crippen MR) is 78.4 cm³/mol. The van der Waals surface area contributed by atoms with Crippen molar-refractivity contribution >= 4 is 29.7 Å². The Morgan fingerprint density at radius 1 is 1.58 bits per heavy atom. The van der Waals surface area contributed by atoms with Crippen LogP contribution in [0.2, 0.25) is 0 Å². The number of nitrogens with zero attached hydrogens (tertiary/aromatic N) is 1. The van der Waals surface area contributed by atoms with E-state index in [2.05, 4.69) is 29.5 Å². The first-order chi connectivity index (χ1) is 8.61. The van der Waals surface area contributed by atoms with Crippen LogP contribution in [0, 0.1) is 0 Å². The van der Waals surface area contributed by atoms with E-state index in [-0.39, 0.29) is 30.5 Å². The monoisotopic (exact) mass is 305 g/mol. The van der Waals surface area contributed by atoms with Crippen LogP contribution < -0.4 is 10.6 Å². The lowest BCUT2D eigenvalue weighted by atomic mass is 10.2. The number of thiazole rings is 1. The van der Waals surface area contributed by atoms with Gasteiger partial charge in [-0.05, 0) is 0 Å². The molecule has 108 valence electrons. The van der Waals surface area contributed by atoms with E-state index in [9.17, 15) is 4.79 Å². The van der Waals surface area contributed by atoms with Gasteiger partial charge in [-0.3, -0.25) is 4.79 Å². The molecular formula is C12H20ClN3O2S. The zero-order valence-electron chi connectivity index (χ0n) is 11.3. The zero-order chi connectivity index (χ0) is 13.1. The van der Waals surface area contributed by atoms with Gasteiger partial charge < -0.3 is 15.4 Å². The smallest absolute Gasteiger partial charge is 0.263 e. The van der Waals surface area contributed by atoms with Gasteiger partial charge in [0.15, 0.2) is 0 Å². The lowest BCUT2D eigenvalue weighted by Crippen LogP contribution is -2.43. The molecule has 2 rings (SSSR count). The summed E-state index contributed by atoms with van der Waals surface area (Å²) < 4.78 is 5.31. The Kier molecular flexibility index (Phi) is 6.19. The second kappa shape index (κ2) is 7.19. The van der Waals surface area contributed by atoms with Crippen molar-refractivity contribution < 1.29 is 9.53 Å². The van der Waals surface area contributed by atoms with Gasteiger partial charge in [0.2, 0.25) is 0 Å². The number of carbonyl (C=O) groups is 1. The highest BCUT2D eigenvalue weighted by molar-refractivity contribution is 7.13. The number of hydrogen-bond donors (Lipinski definition) is 2. The number of aromatic nitrogens is 1. The van der Waals surface area contributed by atoms with Crippen molar-refractivity contribution in [3.63, 3.8) is 0 Å². The first-order valence-electron chi connectivity index (χ1n) is 6.12. The van der Waals surface area contributed by atoms with Gasteiger partial charge in [-0.1, -0.05) is 13.8 Å². The molecule has 0 aliphatic carbocycles. The first-order valence-corrected chi connectivity index (χ1v) is 6.93. The van der Waals surface area contributed by atoms with Gasteiger partial charge >= 0.3 is 0 Å². The van der Waals surface area contributed by atoms with E-state index in [1.54, 1.807) is 13.3 Å². The summed E-state index contributed by atoms with van der Waals surface area (Å²) >= 11 is 1.46. The molecular weight excluding hydrogens is 286 g/mol. The maximum atomic E-state index is 12.1. The third-order valence-corrected chi connectivity index (χ3v) is 4.32. The Balaban J connectivity index is 0.00000180. The molecule has 1 fully saturated rings. The number of rotatable bonds is 4. The van der Waals surface area contributed by atoms with Crippen LogP contribution in [0.3, 0.4) is 0 Å². The van der Waals surface area contributed by atoms with Crippen molar-refractivity contribution in [1.82, 2.24) is 15.6 Å². The molecule has 0 saturated carbocycles. The molecule has 5 nitrogen and oxygen atoms in total. The van der Waals surface area contributed by atoms with Gasteiger partial charge in [0.25, 0.3) is 5.91 Å². The zero-order valence-corrected chi connectivity index (χ0v) is 12.9. The van der Waals surface area contributed by atoms with E-state index in [0.717, 1.165) is 18.1 Å². The molecule has 1 aliphatic heterocycles. The molecule has 0 aromatic carbocycles. The summed E-state index contributed by atoms with van der Waals surface area (Å²) in [6.07, 6.45) is 1.70. The van der Waals surface area contributed by atoms with Crippen LogP contribution in [0.1, 0.15) is 34.4 Å². The summed E-state index contributed by atoms with van der Waals surface area (Å²) in [6, 6.07) is 0.0344. The van der Waals surface area contributed by atoms with Gasteiger partial charge in [0.05, 0.1) is 23.4 Å². The van der Waals surface area contributed by atoms with Crippen molar-refractivity contribution in [1.29, 1.82) is 0 Å². The van der Waals surface area contributed by atoms with E-state index < -0.39 is 0 Å². The summed E-state index contributed by atoms with van der Waals surface area (Å²) in [7, 11) is 1.67. The number of methoxy groups -OCH3 is 1. The number of hydrogen-bond acceptors (Lipinski definition) is 5. The minimum absolute atomic E-state index is 0. The molecule has 0 bridgehead atoms. The van der Waals surface area contributed by atoms with Crippen molar-refractivity contribution in [2.45, 2.75) is 31.9 Å². The molecule has 0 spiro atoms. The van der Waals surface area contributed by atoms with Crippen LogP contribution in [0.15, 0.2) is 6.20 Å². The molecule has 0 radical (unpaired) electrons. The largest absolute Gasteiger partial charge is 0.378 e. The number of halogens is 1. The van der Waals surface area contributed by atoms with Gasteiger partial charge in [0.1, 0.15) is 4.88 Å². The van der Waals surface area contributed by atoms with Crippen LogP contribution in [-0.2, 0) is 4.74 Å². The van der Waals surface area contributed by atoms with Crippen LogP contribution in [0.25, 0.3) is 0 Å². The second-order valence-corrected chi connectivity index (χ2v) is 5.79. The molecule has 7 heteroatoms. The van der Waals surface area contributed by atoms with Crippen LogP contribution in [-0.4, -0.2) is 43.2 Å². The standard InChI is InChI=1S/C12H19N3O2S.ClH/c1-7(2)12-14-6-10(18-12)11(16)15-8-4-13-5-9(8)17-3;/h6-9,13H,4-5H2,1-3H3,(H,15,16);1H. The molecule has 2 atom stereocenters. The SMILES string of the molecule is COC1CNCC1NC(=O)c1cnc(C(C)C)s1.Cl. The molecule has 1 aliphatic rings. The van der Waals surface area contributed by atoms with Crippen molar-refractivity contribution in [2.75, 3.05) is 20.2 Å². The topological polar surface area (TPSA) is 63.2 Å². The summed E-state index contributed by atoms with van der Waals surface area (Å²) in [4.78, 5) is 17.0. The average Bonchev–Trinajstić information content (AvgIpc) is 2.96. The van der Waals surface area contributed by atoms with Crippen molar-refractivity contribution in [3.8, 4) is 0 Å². The molecule has 1 aromatic heterocycles. The summed E-state index contributed by atoms with van der Waals surface area (Å²) in [5.41, 5.74) is 0. The van der Waals surface area contributed by atoms with Crippen molar-refractivity contribution in [2.24, 2.45) is 0 Å². The van der Waals surface area contributed by atoms with E-state index in [1.807, 2.05) is 0 Å². The fourth-order valence-corrected chi connectivity index (χ4v) is 2.77. The third kappa shape index (κ3) is 3.89. The van der Waals surface area contributed by atoms with E-state index in [4.69, 9.17) is 4.74 Å². The first kappa shape index (κ1) is 16.4. The Morgan fingerprint density at radius 2 is 2.32 bits per heavy atom.